The summed E-state index contributed by atoms with van der Waals surface area (Å²) in [5.74, 6) is 6.31. The van der Waals surface area contributed by atoms with Gasteiger partial charge in [-0.05, 0) is 13.0 Å². The van der Waals surface area contributed by atoms with Gasteiger partial charge in [0.25, 0.3) is 0 Å². The van der Waals surface area contributed by atoms with Crippen LogP contribution < -0.4 is 16.2 Å². The monoisotopic (exact) mass is 206 g/mol. The van der Waals surface area contributed by atoms with Crippen LogP contribution in [-0.2, 0) is 0 Å². The lowest BCUT2D eigenvalue weighted by molar-refractivity contribution is 0.693. The van der Waals surface area contributed by atoms with E-state index in [1.54, 1.807) is 12.3 Å². The van der Waals surface area contributed by atoms with Crippen molar-refractivity contribution in [1.29, 1.82) is 5.26 Å². The highest BCUT2D eigenvalue weighted by Crippen LogP contribution is 2.13. The number of hydrogen-bond acceptors (Lipinski definition) is 6. The summed E-state index contributed by atoms with van der Waals surface area (Å²) in [4.78, 5) is 9.98. The highest BCUT2D eigenvalue weighted by Gasteiger charge is 2.11. The minimum atomic E-state index is 0.107. The van der Waals surface area contributed by atoms with Crippen molar-refractivity contribution in [2.75, 3.05) is 17.4 Å². The van der Waals surface area contributed by atoms with Gasteiger partial charge in [0, 0.05) is 19.3 Å². The third-order valence-corrected chi connectivity index (χ3v) is 2.18. The average Bonchev–Trinajstić information content (AvgIpc) is 2.28. The van der Waals surface area contributed by atoms with Crippen LogP contribution in [0, 0.1) is 11.3 Å². The van der Waals surface area contributed by atoms with Gasteiger partial charge in [-0.25, -0.2) is 10.8 Å². The van der Waals surface area contributed by atoms with Crippen LogP contribution in [0.15, 0.2) is 12.3 Å². The number of nitriles is 1. The number of nitrogens with one attached hydrogen (secondary N) is 1. The molecule has 0 saturated heterocycles. The van der Waals surface area contributed by atoms with Gasteiger partial charge < -0.3 is 4.90 Å². The Morgan fingerprint density at radius 3 is 3.07 bits per heavy atom. The van der Waals surface area contributed by atoms with Crippen LogP contribution in [0.5, 0.6) is 0 Å². The average molecular weight is 206 g/mol. The molecule has 1 heterocycles. The normalized spacial score (nSPS) is 11.6. The Morgan fingerprint density at radius 1 is 1.73 bits per heavy atom. The Labute approximate surface area is 88.7 Å². The van der Waals surface area contributed by atoms with Crippen molar-refractivity contribution in [3.05, 3.63) is 12.3 Å². The zero-order chi connectivity index (χ0) is 11.3. The molecule has 3 N–H and O–H groups in total. The largest absolute Gasteiger partial charge is 0.356 e. The van der Waals surface area contributed by atoms with E-state index in [0.717, 1.165) is 5.82 Å². The molecule has 1 aromatic rings. The fraction of sp³-hybridized carbons (Fsp3) is 0.444. The summed E-state index contributed by atoms with van der Waals surface area (Å²) in [6.07, 6.45) is 2.07. The van der Waals surface area contributed by atoms with Gasteiger partial charge >= 0.3 is 0 Å². The molecule has 0 aliphatic carbocycles. The van der Waals surface area contributed by atoms with Gasteiger partial charge in [0.15, 0.2) is 0 Å². The zero-order valence-corrected chi connectivity index (χ0v) is 8.81. The molecule has 0 spiro atoms. The van der Waals surface area contributed by atoms with E-state index in [9.17, 15) is 0 Å². The van der Waals surface area contributed by atoms with E-state index in [0.29, 0.717) is 12.4 Å². The second kappa shape index (κ2) is 5.12. The number of hydrogen-bond donors (Lipinski definition) is 2. The van der Waals surface area contributed by atoms with Gasteiger partial charge in [0.1, 0.15) is 5.82 Å². The Morgan fingerprint density at radius 2 is 2.47 bits per heavy atom. The molecule has 80 valence electrons. The molecule has 0 aliphatic heterocycles. The maximum atomic E-state index is 8.59. The van der Waals surface area contributed by atoms with E-state index < -0.39 is 0 Å². The number of nitrogens with two attached hydrogens (primary N) is 1. The first kappa shape index (κ1) is 11.2. The van der Waals surface area contributed by atoms with Crippen molar-refractivity contribution in [1.82, 2.24) is 9.97 Å². The molecule has 0 bridgehead atoms. The minimum absolute atomic E-state index is 0.107. The molecule has 1 aromatic heterocycles. The maximum absolute atomic E-state index is 8.59. The van der Waals surface area contributed by atoms with Crippen LogP contribution in [0.4, 0.5) is 11.8 Å². The Bertz CT molecular complexity index is 358. The Hall–Kier alpha value is -1.87. The molecule has 6 nitrogen and oxygen atoms in total. The summed E-state index contributed by atoms with van der Waals surface area (Å²) >= 11 is 0. The summed E-state index contributed by atoms with van der Waals surface area (Å²) in [6.45, 7) is 1.96. The first-order chi connectivity index (χ1) is 7.19. The van der Waals surface area contributed by atoms with Crippen molar-refractivity contribution < 1.29 is 0 Å². The topological polar surface area (TPSA) is 90.9 Å². The second-order valence-corrected chi connectivity index (χ2v) is 3.20. The first-order valence-electron chi connectivity index (χ1n) is 4.58. The lowest BCUT2D eigenvalue weighted by Gasteiger charge is -2.23. The third-order valence-electron chi connectivity index (χ3n) is 2.18. The van der Waals surface area contributed by atoms with Gasteiger partial charge in [-0.15, -0.1) is 0 Å². The molecule has 6 heteroatoms. The summed E-state index contributed by atoms with van der Waals surface area (Å²) < 4.78 is 0. The fourth-order valence-electron chi connectivity index (χ4n) is 1.11. The molecular formula is C9H14N6. The third kappa shape index (κ3) is 2.79. The quantitative estimate of drug-likeness (QED) is 0.550. The van der Waals surface area contributed by atoms with Crippen LogP contribution in [0.3, 0.4) is 0 Å². The van der Waals surface area contributed by atoms with Gasteiger partial charge in [0.2, 0.25) is 5.95 Å². The molecule has 0 aliphatic rings. The molecule has 0 fully saturated rings. The van der Waals surface area contributed by atoms with Crippen molar-refractivity contribution in [2.45, 2.75) is 19.4 Å². The highest BCUT2D eigenvalue weighted by atomic mass is 15.3. The molecule has 1 atom stereocenters. The first-order valence-corrected chi connectivity index (χ1v) is 4.58. The van der Waals surface area contributed by atoms with Crippen LogP contribution in [-0.4, -0.2) is 23.1 Å². The SMILES string of the molecule is CC(CC#N)N(C)c1ccnc(NN)n1. The summed E-state index contributed by atoms with van der Waals surface area (Å²) in [7, 11) is 1.88. The summed E-state index contributed by atoms with van der Waals surface area (Å²) in [6, 6.07) is 4.00. The number of nitrogens with zero attached hydrogens (tertiary/aromatic N) is 4. The standard InChI is InChI=1S/C9H14N6/c1-7(3-5-10)15(2)8-4-6-12-9(13-8)14-11/h4,6-7H,3,11H2,1-2H3,(H,12,13,14). The van der Waals surface area contributed by atoms with E-state index in [4.69, 9.17) is 11.1 Å². The lowest BCUT2D eigenvalue weighted by Crippen LogP contribution is -2.29. The molecule has 1 unspecified atom stereocenters. The van der Waals surface area contributed by atoms with Crippen LogP contribution >= 0.6 is 0 Å². The molecule has 1 rings (SSSR count). The van der Waals surface area contributed by atoms with E-state index >= 15 is 0 Å². The number of anilines is 2. The van der Waals surface area contributed by atoms with Crippen molar-refractivity contribution >= 4 is 11.8 Å². The van der Waals surface area contributed by atoms with E-state index in [2.05, 4.69) is 21.5 Å². The van der Waals surface area contributed by atoms with E-state index in [1.807, 2.05) is 18.9 Å². The van der Waals surface area contributed by atoms with Crippen LogP contribution in [0.1, 0.15) is 13.3 Å². The predicted molar refractivity (Wildman–Crippen MR) is 57.9 cm³/mol. The van der Waals surface area contributed by atoms with Crippen molar-refractivity contribution in [3.8, 4) is 6.07 Å². The maximum Gasteiger partial charge on any atom is 0.239 e. The molecule has 0 aromatic carbocycles. The number of hydrazine groups is 1. The molecular weight excluding hydrogens is 192 g/mol. The second-order valence-electron chi connectivity index (χ2n) is 3.20. The van der Waals surface area contributed by atoms with Gasteiger partial charge in [-0.2, -0.15) is 10.2 Å². The van der Waals surface area contributed by atoms with Crippen molar-refractivity contribution in [2.24, 2.45) is 5.84 Å². The number of rotatable bonds is 4. The fourth-order valence-corrected chi connectivity index (χ4v) is 1.11. The van der Waals surface area contributed by atoms with Gasteiger partial charge in [0.05, 0.1) is 12.5 Å². The van der Waals surface area contributed by atoms with Crippen molar-refractivity contribution in [3.63, 3.8) is 0 Å². The summed E-state index contributed by atoms with van der Waals surface area (Å²) in [5.41, 5.74) is 2.38. The Kier molecular flexibility index (Phi) is 3.83. The smallest absolute Gasteiger partial charge is 0.239 e. The number of nitrogen functional groups attached to an aromatic ring is 1. The minimum Gasteiger partial charge on any atom is -0.356 e. The molecule has 0 radical (unpaired) electrons. The lowest BCUT2D eigenvalue weighted by atomic mass is 10.2. The van der Waals surface area contributed by atoms with Gasteiger partial charge in [-0.3, -0.25) is 5.43 Å². The molecule has 15 heavy (non-hydrogen) atoms. The predicted octanol–water partition coefficient (Wildman–Crippen LogP) is 0.501. The molecule has 0 saturated carbocycles. The van der Waals surface area contributed by atoms with Crippen LogP contribution in [0.25, 0.3) is 0 Å². The Balaban J connectivity index is 2.81. The van der Waals surface area contributed by atoms with Crippen LogP contribution in [0.2, 0.25) is 0 Å². The number of aromatic nitrogens is 2. The van der Waals surface area contributed by atoms with E-state index in [-0.39, 0.29) is 6.04 Å². The molecule has 0 amide bonds. The summed E-state index contributed by atoms with van der Waals surface area (Å²) in [5, 5.41) is 8.59. The van der Waals surface area contributed by atoms with E-state index in [1.165, 1.54) is 0 Å². The highest BCUT2D eigenvalue weighted by molar-refractivity contribution is 5.42. The van der Waals surface area contributed by atoms with Gasteiger partial charge in [-0.1, -0.05) is 0 Å². The zero-order valence-electron chi connectivity index (χ0n) is 8.81.